The highest BCUT2D eigenvalue weighted by Gasteiger charge is 2.32. The second kappa shape index (κ2) is 9.71. The van der Waals surface area contributed by atoms with Crippen LogP contribution in [0.1, 0.15) is 39.0 Å². The summed E-state index contributed by atoms with van der Waals surface area (Å²) in [5, 5.41) is 4.19. The molecule has 0 unspecified atom stereocenters. The molecule has 3 amide bonds. The second-order valence-electron chi connectivity index (χ2n) is 7.60. The number of hydrogen-bond acceptors (Lipinski definition) is 4. The van der Waals surface area contributed by atoms with E-state index in [9.17, 15) is 14.4 Å². The number of nitrogens with zero attached hydrogens (tertiary/aromatic N) is 5. The second-order valence-corrected chi connectivity index (χ2v) is 7.60. The van der Waals surface area contributed by atoms with E-state index in [1.807, 2.05) is 38.6 Å². The maximum absolute atomic E-state index is 13.0. The van der Waals surface area contributed by atoms with E-state index in [1.165, 1.54) is 0 Å². The van der Waals surface area contributed by atoms with Gasteiger partial charge in [0.2, 0.25) is 17.7 Å². The van der Waals surface area contributed by atoms with Crippen molar-refractivity contribution in [3.63, 3.8) is 0 Å². The summed E-state index contributed by atoms with van der Waals surface area (Å²) in [5.41, 5.74) is 0. The molecule has 1 aromatic heterocycles. The first kappa shape index (κ1) is 20.4. The van der Waals surface area contributed by atoms with Gasteiger partial charge in [-0.25, -0.2) is 0 Å². The summed E-state index contributed by atoms with van der Waals surface area (Å²) < 4.78 is 1.83. The molecule has 0 saturated carbocycles. The van der Waals surface area contributed by atoms with Crippen molar-refractivity contribution in [1.29, 1.82) is 0 Å². The number of carbonyl (C=O) groups is 3. The van der Waals surface area contributed by atoms with E-state index in [0.717, 1.165) is 19.4 Å². The molecule has 0 bridgehead atoms. The Kier molecular flexibility index (Phi) is 7.06. The molecule has 0 aromatic carbocycles. The Hall–Kier alpha value is -2.38. The molecule has 2 aliphatic heterocycles. The van der Waals surface area contributed by atoms with E-state index in [4.69, 9.17) is 0 Å². The molecule has 8 nitrogen and oxygen atoms in total. The van der Waals surface area contributed by atoms with Gasteiger partial charge in [-0.05, 0) is 32.3 Å². The molecule has 0 radical (unpaired) electrons. The monoisotopic (exact) mass is 389 g/mol. The van der Waals surface area contributed by atoms with Crippen LogP contribution >= 0.6 is 0 Å². The van der Waals surface area contributed by atoms with Gasteiger partial charge in [-0.3, -0.25) is 19.1 Å². The number of aromatic nitrogens is 2. The van der Waals surface area contributed by atoms with Crippen LogP contribution in [-0.4, -0.2) is 81.5 Å². The lowest BCUT2D eigenvalue weighted by atomic mass is 9.95. The van der Waals surface area contributed by atoms with E-state index in [0.29, 0.717) is 58.5 Å². The Morgan fingerprint density at radius 3 is 2.64 bits per heavy atom. The van der Waals surface area contributed by atoms with Crippen LogP contribution in [0.5, 0.6) is 0 Å². The van der Waals surface area contributed by atoms with Crippen LogP contribution in [0.25, 0.3) is 0 Å². The first-order valence-corrected chi connectivity index (χ1v) is 10.4. The number of likely N-dealkylation sites (tertiary alicyclic amines) is 2. The summed E-state index contributed by atoms with van der Waals surface area (Å²) in [7, 11) is 0. The molecule has 28 heavy (non-hydrogen) atoms. The Morgan fingerprint density at radius 1 is 1.18 bits per heavy atom. The minimum atomic E-state index is -0.135. The van der Waals surface area contributed by atoms with Gasteiger partial charge in [0.25, 0.3) is 0 Å². The van der Waals surface area contributed by atoms with E-state index < -0.39 is 0 Å². The fraction of sp³-hybridized carbons (Fsp3) is 0.700. The van der Waals surface area contributed by atoms with Gasteiger partial charge in [0.1, 0.15) is 0 Å². The zero-order valence-electron chi connectivity index (χ0n) is 16.8. The van der Waals surface area contributed by atoms with Crippen molar-refractivity contribution in [2.45, 2.75) is 45.6 Å². The average Bonchev–Trinajstić information content (AvgIpc) is 3.35. The summed E-state index contributed by atoms with van der Waals surface area (Å²) in [6.07, 6.45) is 7.03. The smallest absolute Gasteiger partial charge is 0.227 e. The number of hydrogen-bond donors (Lipinski definition) is 0. The average molecular weight is 390 g/mol. The summed E-state index contributed by atoms with van der Waals surface area (Å²) >= 11 is 0. The lowest BCUT2D eigenvalue weighted by Gasteiger charge is -2.35. The van der Waals surface area contributed by atoms with Gasteiger partial charge in [-0.15, -0.1) is 0 Å². The van der Waals surface area contributed by atoms with Gasteiger partial charge >= 0.3 is 0 Å². The minimum absolute atomic E-state index is 0.122. The maximum Gasteiger partial charge on any atom is 0.227 e. The Balaban J connectivity index is 1.48. The third kappa shape index (κ3) is 5.11. The van der Waals surface area contributed by atoms with Gasteiger partial charge in [-0.1, -0.05) is 0 Å². The summed E-state index contributed by atoms with van der Waals surface area (Å²) in [6, 6.07) is 1.87. The summed E-state index contributed by atoms with van der Waals surface area (Å²) in [6.45, 7) is 6.57. The number of carbonyl (C=O) groups excluding carboxylic acids is 3. The first-order valence-electron chi connectivity index (χ1n) is 10.4. The SMILES string of the molecule is CCN(CCn1cccn1)C(=O)[C@@H]1CCC(=O)N(CCCN2CCCC2=O)C1. The van der Waals surface area contributed by atoms with Crippen LogP contribution in [-0.2, 0) is 20.9 Å². The molecule has 2 fully saturated rings. The molecular formula is C20H31N5O3. The molecule has 2 aliphatic rings. The van der Waals surface area contributed by atoms with E-state index >= 15 is 0 Å². The number of rotatable bonds is 9. The topological polar surface area (TPSA) is 78.8 Å². The van der Waals surface area contributed by atoms with Crippen molar-refractivity contribution >= 4 is 17.7 Å². The Labute approximate surface area is 166 Å². The molecule has 3 rings (SSSR count). The van der Waals surface area contributed by atoms with Gasteiger partial charge < -0.3 is 14.7 Å². The summed E-state index contributed by atoms with van der Waals surface area (Å²) in [4.78, 5) is 42.5. The quantitative estimate of drug-likeness (QED) is 0.631. The van der Waals surface area contributed by atoms with Crippen molar-refractivity contribution in [2.24, 2.45) is 5.92 Å². The molecule has 0 spiro atoms. The predicted octanol–water partition coefficient (Wildman–Crippen LogP) is 0.983. The Morgan fingerprint density at radius 2 is 1.96 bits per heavy atom. The molecule has 154 valence electrons. The van der Waals surface area contributed by atoms with Gasteiger partial charge in [-0.2, -0.15) is 5.10 Å². The maximum atomic E-state index is 13.0. The third-order valence-electron chi connectivity index (χ3n) is 5.73. The number of amides is 3. The molecule has 8 heteroatoms. The van der Waals surface area contributed by atoms with Gasteiger partial charge in [0.15, 0.2) is 0 Å². The zero-order chi connectivity index (χ0) is 19.9. The number of piperidine rings is 1. The Bertz CT molecular complexity index is 675. The van der Waals surface area contributed by atoms with Crippen LogP contribution in [0.4, 0.5) is 0 Å². The van der Waals surface area contributed by atoms with Crippen LogP contribution in [0, 0.1) is 5.92 Å². The zero-order valence-corrected chi connectivity index (χ0v) is 16.8. The first-order chi connectivity index (χ1) is 13.6. The highest BCUT2D eigenvalue weighted by Crippen LogP contribution is 2.20. The van der Waals surface area contributed by atoms with Crippen LogP contribution in [0.2, 0.25) is 0 Å². The standard InChI is InChI=1S/C20H31N5O3/c1-2-22(14-15-25-13-4-9-21-25)20(28)17-7-8-19(27)24(16-17)12-5-11-23-10-3-6-18(23)26/h4,9,13,17H,2-3,5-8,10-12,14-16H2,1H3/t17-/m1/s1. The minimum Gasteiger partial charge on any atom is -0.343 e. The van der Waals surface area contributed by atoms with Crippen LogP contribution in [0.3, 0.4) is 0 Å². The summed E-state index contributed by atoms with van der Waals surface area (Å²) in [5.74, 6) is 0.329. The fourth-order valence-electron chi connectivity index (χ4n) is 4.06. The van der Waals surface area contributed by atoms with E-state index in [1.54, 1.807) is 6.20 Å². The predicted molar refractivity (Wildman–Crippen MR) is 104 cm³/mol. The van der Waals surface area contributed by atoms with Gasteiger partial charge in [0.05, 0.1) is 12.5 Å². The lowest BCUT2D eigenvalue weighted by molar-refractivity contribution is -0.143. The molecule has 0 aliphatic carbocycles. The highest BCUT2D eigenvalue weighted by atomic mass is 16.2. The normalized spacial score (nSPS) is 20.1. The van der Waals surface area contributed by atoms with Crippen molar-refractivity contribution in [2.75, 3.05) is 39.3 Å². The van der Waals surface area contributed by atoms with Crippen LogP contribution < -0.4 is 0 Å². The number of likely N-dealkylation sites (N-methyl/N-ethyl adjacent to an activating group) is 1. The van der Waals surface area contributed by atoms with E-state index in [2.05, 4.69) is 5.10 Å². The lowest BCUT2D eigenvalue weighted by Crippen LogP contribution is -2.48. The molecule has 1 aromatic rings. The largest absolute Gasteiger partial charge is 0.343 e. The van der Waals surface area contributed by atoms with Crippen molar-refractivity contribution in [3.05, 3.63) is 18.5 Å². The van der Waals surface area contributed by atoms with Crippen LogP contribution in [0.15, 0.2) is 18.5 Å². The molecule has 0 N–H and O–H groups in total. The van der Waals surface area contributed by atoms with Crippen molar-refractivity contribution in [3.8, 4) is 0 Å². The van der Waals surface area contributed by atoms with Gasteiger partial charge in [0, 0.05) is 64.5 Å². The van der Waals surface area contributed by atoms with Crippen molar-refractivity contribution in [1.82, 2.24) is 24.5 Å². The molecule has 1 atom stereocenters. The molecule has 2 saturated heterocycles. The third-order valence-corrected chi connectivity index (χ3v) is 5.73. The molecule has 3 heterocycles. The van der Waals surface area contributed by atoms with Crippen molar-refractivity contribution < 1.29 is 14.4 Å². The fourth-order valence-corrected chi connectivity index (χ4v) is 4.06. The van der Waals surface area contributed by atoms with E-state index in [-0.39, 0.29) is 23.6 Å². The molecular weight excluding hydrogens is 358 g/mol. The highest BCUT2D eigenvalue weighted by molar-refractivity contribution is 5.84.